The number of carbonyl (C=O) groups is 1. The van der Waals surface area contributed by atoms with Crippen LogP contribution in [-0.2, 0) is 9.53 Å². The standard InChI is InChI=1S/C18H26O4/c1-13(11-12-19)14-7-6-8-16(21-5)15(14)9-10-17(20)22-18(2,3)4/h6-10,13,19H,11-12H2,1-5H3/b10-9+. The van der Waals surface area contributed by atoms with Crippen LogP contribution in [0, 0.1) is 0 Å². The number of hydrogen-bond donors (Lipinski definition) is 1. The normalized spacial score (nSPS) is 13.2. The van der Waals surface area contributed by atoms with Gasteiger partial charge in [0.25, 0.3) is 0 Å². The first-order chi connectivity index (χ1) is 10.3. The molecule has 4 nitrogen and oxygen atoms in total. The molecule has 122 valence electrons. The van der Waals surface area contributed by atoms with Crippen LogP contribution in [-0.4, -0.2) is 30.4 Å². The van der Waals surface area contributed by atoms with E-state index in [0.717, 1.165) is 11.1 Å². The predicted molar refractivity (Wildman–Crippen MR) is 88.0 cm³/mol. The topological polar surface area (TPSA) is 55.8 Å². The number of methoxy groups -OCH3 is 1. The van der Waals surface area contributed by atoms with E-state index in [-0.39, 0.29) is 18.5 Å². The van der Waals surface area contributed by atoms with Gasteiger partial charge < -0.3 is 14.6 Å². The summed E-state index contributed by atoms with van der Waals surface area (Å²) in [4.78, 5) is 11.8. The van der Waals surface area contributed by atoms with E-state index in [1.165, 1.54) is 6.08 Å². The monoisotopic (exact) mass is 306 g/mol. The molecule has 4 heteroatoms. The van der Waals surface area contributed by atoms with Crippen LogP contribution >= 0.6 is 0 Å². The Morgan fingerprint density at radius 2 is 2.05 bits per heavy atom. The van der Waals surface area contributed by atoms with Crippen LogP contribution < -0.4 is 4.74 Å². The molecule has 0 amide bonds. The third-order valence-corrected chi connectivity index (χ3v) is 3.21. The molecule has 0 radical (unpaired) electrons. The second kappa shape index (κ2) is 7.99. The molecule has 0 bridgehead atoms. The van der Waals surface area contributed by atoms with Crippen molar-refractivity contribution in [2.75, 3.05) is 13.7 Å². The second-order valence-electron chi connectivity index (χ2n) is 6.24. The lowest BCUT2D eigenvalue weighted by Gasteiger charge is -2.18. The van der Waals surface area contributed by atoms with Gasteiger partial charge in [0.05, 0.1) is 7.11 Å². The van der Waals surface area contributed by atoms with Crippen LogP contribution in [0.2, 0.25) is 0 Å². The fourth-order valence-electron chi connectivity index (χ4n) is 2.18. The highest BCUT2D eigenvalue weighted by molar-refractivity contribution is 5.88. The minimum absolute atomic E-state index is 0.119. The molecule has 1 rings (SSSR count). The van der Waals surface area contributed by atoms with Gasteiger partial charge in [-0.05, 0) is 50.8 Å². The minimum Gasteiger partial charge on any atom is -0.496 e. The van der Waals surface area contributed by atoms with E-state index >= 15 is 0 Å². The van der Waals surface area contributed by atoms with Gasteiger partial charge >= 0.3 is 5.97 Å². The Labute approximate surface area is 132 Å². The molecule has 0 aromatic heterocycles. The maximum absolute atomic E-state index is 11.8. The first-order valence-corrected chi connectivity index (χ1v) is 7.47. The molecule has 0 spiro atoms. The van der Waals surface area contributed by atoms with Crippen molar-refractivity contribution in [2.24, 2.45) is 0 Å². The van der Waals surface area contributed by atoms with Crippen molar-refractivity contribution in [1.82, 2.24) is 0 Å². The molecule has 0 saturated heterocycles. The Morgan fingerprint density at radius 1 is 1.36 bits per heavy atom. The summed E-state index contributed by atoms with van der Waals surface area (Å²) in [6, 6.07) is 5.74. The molecule has 22 heavy (non-hydrogen) atoms. The Bertz CT molecular complexity index is 526. The van der Waals surface area contributed by atoms with Gasteiger partial charge in [-0.15, -0.1) is 0 Å². The van der Waals surface area contributed by atoms with Crippen molar-refractivity contribution in [3.63, 3.8) is 0 Å². The van der Waals surface area contributed by atoms with Gasteiger partial charge in [0.2, 0.25) is 0 Å². The summed E-state index contributed by atoms with van der Waals surface area (Å²) >= 11 is 0. The maximum Gasteiger partial charge on any atom is 0.331 e. The van der Waals surface area contributed by atoms with Crippen molar-refractivity contribution in [3.8, 4) is 5.75 Å². The summed E-state index contributed by atoms with van der Waals surface area (Å²) < 4.78 is 10.7. The van der Waals surface area contributed by atoms with Gasteiger partial charge in [0.15, 0.2) is 0 Å². The van der Waals surface area contributed by atoms with Crippen molar-refractivity contribution in [3.05, 3.63) is 35.4 Å². The number of aliphatic hydroxyl groups excluding tert-OH is 1. The van der Waals surface area contributed by atoms with Crippen LogP contribution in [0.25, 0.3) is 6.08 Å². The zero-order valence-electron chi connectivity index (χ0n) is 14.1. The van der Waals surface area contributed by atoms with Crippen LogP contribution in [0.15, 0.2) is 24.3 Å². The quantitative estimate of drug-likeness (QED) is 0.645. The lowest BCUT2D eigenvalue weighted by Crippen LogP contribution is -2.22. The predicted octanol–water partition coefficient (Wildman–Crippen LogP) is 3.54. The highest BCUT2D eigenvalue weighted by Crippen LogP contribution is 2.30. The molecular weight excluding hydrogens is 280 g/mol. The van der Waals surface area contributed by atoms with E-state index in [9.17, 15) is 4.79 Å². The SMILES string of the molecule is COc1cccc(C(C)CCO)c1/C=C/C(=O)OC(C)(C)C. The molecule has 1 N–H and O–H groups in total. The van der Waals surface area contributed by atoms with Gasteiger partial charge in [0.1, 0.15) is 11.4 Å². The number of hydrogen-bond acceptors (Lipinski definition) is 4. The van der Waals surface area contributed by atoms with Crippen LogP contribution in [0.4, 0.5) is 0 Å². The van der Waals surface area contributed by atoms with Crippen molar-refractivity contribution >= 4 is 12.0 Å². The number of ether oxygens (including phenoxy) is 2. The molecule has 0 saturated carbocycles. The number of aliphatic hydroxyl groups is 1. The summed E-state index contributed by atoms with van der Waals surface area (Å²) in [5, 5.41) is 9.14. The molecule has 1 aromatic carbocycles. The van der Waals surface area contributed by atoms with E-state index in [1.54, 1.807) is 13.2 Å². The number of benzene rings is 1. The van der Waals surface area contributed by atoms with Crippen LogP contribution in [0.5, 0.6) is 5.75 Å². The van der Waals surface area contributed by atoms with E-state index in [4.69, 9.17) is 14.6 Å². The summed E-state index contributed by atoms with van der Waals surface area (Å²) in [6.07, 6.45) is 3.79. The summed E-state index contributed by atoms with van der Waals surface area (Å²) in [5.41, 5.74) is 1.36. The first kappa shape index (κ1) is 18.2. The molecule has 0 heterocycles. The highest BCUT2D eigenvalue weighted by Gasteiger charge is 2.16. The van der Waals surface area contributed by atoms with Gasteiger partial charge in [0, 0.05) is 18.2 Å². The van der Waals surface area contributed by atoms with Gasteiger partial charge in [-0.3, -0.25) is 0 Å². The fourth-order valence-corrected chi connectivity index (χ4v) is 2.18. The van der Waals surface area contributed by atoms with Crippen molar-refractivity contribution < 1.29 is 19.4 Å². The maximum atomic E-state index is 11.8. The van der Waals surface area contributed by atoms with E-state index in [1.807, 2.05) is 45.9 Å². The van der Waals surface area contributed by atoms with E-state index in [0.29, 0.717) is 12.2 Å². The zero-order chi connectivity index (χ0) is 16.8. The van der Waals surface area contributed by atoms with Crippen LogP contribution in [0.1, 0.15) is 51.2 Å². The molecule has 0 aliphatic carbocycles. The Hall–Kier alpha value is -1.81. The van der Waals surface area contributed by atoms with E-state index in [2.05, 4.69) is 0 Å². The number of esters is 1. The molecule has 0 aliphatic heterocycles. The summed E-state index contributed by atoms with van der Waals surface area (Å²) in [6.45, 7) is 7.65. The largest absolute Gasteiger partial charge is 0.496 e. The molecular formula is C18H26O4. The van der Waals surface area contributed by atoms with Gasteiger partial charge in [-0.25, -0.2) is 4.79 Å². The average molecular weight is 306 g/mol. The molecule has 1 atom stereocenters. The smallest absolute Gasteiger partial charge is 0.331 e. The lowest BCUT2D eigenvalue weighted by molar-refractivity contribution is -0.148. The Kier molecular flexibility index (Phi) is 6.62. The zero-order valence-corrected chi connectivity index (χ0v) is 14.1. The second-order valence-corrected chi connectivity index (χ2v) is 6.24. The highest BCUT2D eigenvalue weighted by atomic mass is 16.6. The number of rotatable bonds is 6. The van der Waals surface area contributed by atoms with Crippen LogP contribution in [0.3, 0.4) is 0 Å². The third-order valence-electron chi connectivity index (χ3n) is 3.21. The third kappa shape index (κ3) is 5.53. The number of carbonyl (C=O) groups excluding carboxylic acids is 1. The minimum atomic E-state index is -0.519. The average Bonchev–Trinajstić information content (AvgIpc) is 2.43. The molecule has 0 fully saturated rings. The van der Waals surface area contributed by atoms with E-state index < -0.39 is 5.60 Å². The first-order valence-electron chi connectivity index (χ1n) is 7.47. The molecule has 0 aliphatic rings. The van der Waals surface area contributed by atoms with Crippen molar-refractivity contribution in [1.29, 1.82) is 0 Å². The Balaban J connectivity index is 3.08. The molecule has 1 unspecified atom stereocenters. The summed E-state index contributed by atoms with van der Waals surface area (Å²) in [7, 11) is 1.60. The van der Waals surface area contributed by atoms with Crippen molar-refractivity contribution in [2.45, 2.75) is 45.6 Å². The lowest BCUT2D eigenvalue weighted by atomic mass is 9.92. The Morgan fingerprint density at radius 3 is 2.59 bits per heavy atom. The van der Waals surface area contributed by atoms with Gasteiger partial charge in [-0.2, -0.15) is 0 Å². The van der Waals surface area contributed by atoms with Gasteiger partial charge in [-0.1, -0.05) is 19.1 Å². The molecule has 1 aromatic rings. The fraction of sp³-hybridized carbons (Fsp3) is 0.500. The summed E-state index contributed by atoms with van der Waals surface area (Å²) in [5.74, 6) is 0.472.